The zero-order valence-electron chi connectivity index (χ0n) is 10.8. The maximum absolute atomic E-state index is 5.64. The minimum Gasteiger partial charge on any atom is -0.377 e. The van der Waals surface area contributed by atoms with Crippen LogP contribution in [-0.2, 0) is 15.9 Å². The number of para-hydroxylation sites is 1. The molecule has 0 saturated carbocycles. The number of hydrogen-bond acceptors (Lipinski definition) is 3. The number of benzene rings is 1. The molecule has 1 aromatic rings. The molecule has 1 heterocycles. The summed E-state index contributed by atoms with van der Waals surface area (Å²) in [5.74, 6) is -0.442. The maximum atomic E-state index is 5.64. The summed E-state index contributed by atoms with van der Waals surface area (Å²) in [6, 6.07) is 8.61. The molecular weight excluding hydrogens is 214 g/mol. The Morgan fingerprint density at radius 2 is 1.88 bits per heavy atom. The van der Waals surface area contributed by atoms with Crippen LogP contribution in [0.15, 0.2) is 24.3 Å². The van der Waals surface area contributed by atoms with E-state index in [4.69, 9.17) is 9.47 Å². The number of anilines is 1. The van der Waals surface area contributed by atoms with Gasteiger partial charge in [-0.3, -0.25) is 0 Å². The van der Waals surface area contributed by atoms with Crippen LogP contribution in [0.2, 0.25) is 0 Å². The van der Waals surface area contributed by atoms with Crippen molar-refractivity contribution in [1.29, 1.82) is 0 Å². The molecule has 94 valence electrons. The van der Waals surface area contributed by atoms with Crippen molar-refractivity contribution >= 4 is 5.69 Å². The molecule has 1 aliphatic heterocycles. The normalized spacial score (nSPS) is 20.2. The van der Waals surface area contributed by atoms with E-state index in [1.807, 2.05) is 13.8 Å². The highest BCUT2D eigenvalue weighted by Crippen LogP contribution is 2.21. The SMILES string of the molecule is CCc1ccccc1NC1COC(C)(C)OC1. The van der Waals surface area contributed by atoms with Gasteiger partial charge >= 0.3 is 0 Å². The summed E-state index contributed by atoms with van der Waals surface area (Å²) in [4.78, 5) is 0. The van der Waals surface area contributed by atoms with Crippen molar-refractivity contribution in [2.75, 3.05) is 18.5 Å². The fourth-order valence-electron chi connectivity index (χ4n) is 1.97. The van der Waals surface area contributed by atoms with Crippen molar-refractivity contribution in [2.45, 2.75) is 39.0 Å². The highest BCUT2D eigenvalue weighted by molar-refractivity contribution is 5.51. The first-order valence-electron chi connectivity index (χ1n) is 6.23. The highest BCUT2D eigenvalue weighted by Gasteiger charge is 2.28. The quantitative estimate of drug-likeness (QED) is 0.874. The van der Waals surface area contributed by atoms with Crippen molar-refractivity contribution in [2.24, 2.45) is 0 Å². The van der Waals surface area contributed by atoms with Crippen LogP contribution in [0.25, 0.3) is 0 Å². The first kappa shape index (κ1) is 12.4. The number of ether oxygens (including phenoxy) is 2. The summed E-state index contributed by atoms with van der Waals surface area (Å²) >= 11 is 0. The molecule has 0 amide bonds. The van der Waals surface area contributed by atoms with E-state index in [1.54, 1.807) is 0 Å². The lowest BCUT2D eigenvalue weighted by atomic mass is 10.1. The highest BCUT2D eigenvalue weighted by atomic mass is 16.7. The van der Waals surface area contributed by atoms with Crippen molar-refractivity contribution < 1.29 is 9.47 Å². The van der Waals surface area contributed by atoms with Gasteiger partial charge in [-0.1, -0.05) is 25.1 Å². The second-order valence-corrected chi connectivity index (χ2v) is 4.87. The number of aryl methyl sites for hydroxylation is 1. The lowest BCUT2D eigenvalue weighted by Gasteiger charge is -2.35. The van der Waals surface area contributed by atoms with Gasteiger partial charge in [0.2, 0.25) is 0 Å². The summed E-state index contributed by atoms with van der Waals surface area (Å²) in [5.41, 5.74) is 2.52. The molecular formula is C14H21NO2. The molecule has 3 heteroatoms. The molecule has 0 radical (unpaired) electrons. The Morgan fingerprint density at radius 1 is 1.24 bits per heavy atom. The number of hydrogen-bond donors (Lipinski definition) is 1. The molecule has 1 saturated heterocycles. The van der Waals surface area contributed by atoms with Crippen LogP contribution in [0.3, 0.4) is 0 Å². The van der Waals surface area contributed by atoms with E-state index in [9.17, 15) is 0 Å². The summed E-state index contributed by atoms with van der Waals surface area (Å²) in [5, 5.41) is 3.49. The molecule has 1 N–H and O–H groups in total. The van der Waals surface area contributed by atoms with E-state index >= 15 is 0 Å². The van der Waals surface area contributed by atoms with Gasteiger partial charge in [-0.2, -0.15) is 0 Å². The van der Waals surface area contributed by atoms with E-state index in [2.05, 4.69) is 36.5 Å². The first-order valence-corrected chi connectivity index (χ1v) is 6.23. The predicted octanol–water partition coefficient (Wildman–Crippen LogP) is 2.81. The van der Waals surface area contributed by atoms with Gasteiger partial charge in [0.15, 0.2) is 5.79 Å². The molecule has 17 heavy (non-hydrogen) atoms. The van der Waals surface area contributed by atoms with Crippen LogP contribution in [0.4, 0.5) is 5.69 Å². The molecule has 1 fully saturated rings. The second-order valence-electron chi connectivity index (χ2n) is 4.87. The van der Waals surface area contributed by atoms with Gasteiger partial charge in [0.25, 0.3) is 0 Å². The Kier molecular flexibility index (Phi) is 3.69. The van der Waals surface area contributed by atoms with Gasteiger partial charge in [-0.15, -0.1) is 0 Å². The number of rotatable bonds is 3. The van der Waals surface area contributed by atoms with E-state index in [0.29, 0.717) is 13.2 Å². The molecule has 0 spiro atoms. The lowest BCUT2D eigenvalue weighted by Crippen LogP contribution is -2.45. The van der Waals surface area contributed by atoms with Crippen LogP contribution in [0, 0.1) is 0 Å². The Morgan fingerprint density at radius 3 is 2.53 bits per heavy atom. The van der Waals surface area contributed by atoms with Crippen LogP contribution < -0.4 is 5.32 Å². The maximum Gasteiger partial charge on any atom is 0.162 e. The van der Waals surface area contributed by atoms with Crippen molar-refractivity contribution in [3.8, 4) is 0 Å². The molecule has 0 atom stereocenters. The Hall–Kier alpha value is -1.06. The van der Waals surface area contributed by atoms with Gasteiger partial charge in [0.1, 0.15) is 0 Å². The van der Waals surface area contributed by atoms with Crippen molar-refractivity contribution in [3.63, 3.8) is 0 Å². The van der Waals surface area contributed by atoms with Crippen molar-refractivity contribution in [1.82, 2.24) is 0 Å². The lowest BCUT2D eigenvalue weighted by molar-refractivity contribution is -0.247. The van der Waals surface area contributed by atoms with Gasteiger partial charge in [0, 0.05) is 5.69 Å². The fourth-order valence-corrected chi connectivity index (χ4v) is 1.97. The first-order chi connectivity index (χ1) is 8.11. The minimum atomic E-state index is -0.442. The summed E-state index contributed by atoms with van der Waals surface area (Å²) < 4.78 is 11.3. The number of nitrogens with one attached hydrogen (secondary N) is 1. The molecule has 3 nitrogen and oxygen atoms in total. The third-order valence-electron chi connectivity index (χ3n) is 3.02. The second kappa shape index (κ2) is 5.07. The van der Waals surface area contributed by atoms with Gasteiger partial charge in [0.05, 0.1) is 19.3 Å². The molecule has 0 unspecified atom stereocenters. The van der Waals surface area contributed by atoms with E-state index in [-0.39, 0.29) is 6.04 Å². The summed E-state index contributed by atoms with van der Waals surface area (Å²) in [6.45, 7) is 7.43. The monoisotopic (exact) mass is 235 g/mol. The van der Waals surface area contributed by atoms with E-state index < -0.39 is 5.79 Å². The third-order valence-corrected chi connectivity index (χ3v) is 3.02. The molecule has 2 rings (SSSR count). The van der Waals surface area contributed by atoms with E-state index in [0.717, 1.165) is 6.42 Å². The van der Waals surface area contributed by atoms with E-state index in [1.165, 1.54) is 11.3 Å². The molecule has 0 bridgehead atoms. The third kappa shape index (κ3) is 3.20. The van der Waals surface area contributed by atoms with Gasteiger partial charge < -0.3 is 14.8 Å². The smallest absolute Gasteiger partial charge is 0.162 e. The van der Waals surface area contributed by atoms with Crippen LogP contribution in [-0.4, -0.2) is 25.0 Å². The Labute approximate surface area is 103 Å². The fraction of sp³-hybridized carbons (Fsp3) is 0.571. The summed E-state index contributed by atoms with van der Waals surface area (Å²) in [6.07, 6.45) is 1.03. The van der Waals surface area contributed by atoms with Crippen LogP contribution >= 0.6 is 0 Å². The predicted molar refractivity (Wildman–Crippen MR) is 69.2 cm³/mol. The largest absolute Gasteiger partial charge is 0.377 e. The van der Waals surface area contributed by atoms with Crippen LogP contribution in [0.1, 0.15) is 26.3 Å². The standard InChI is InChI=1S/C14H21NO2/c1-4-11-7-5-6-8-13(11)15-12-9-16-14(2,3)17-10-12/h5-8,12,15H,4,9-10H2,1-3H3. The summed E-state index contributed by atoms with van der Waals surface area (Å²) in [7, 11) is 0. The van der Waals surface area contributed by atoms with Gasteiger partial charge in [-0.25, -0.2) is 0 Å². The minimum absolute atomic E-state index is 0.232. The topological polar surface area (TPSA) is 30.5 Å². The van der Waals surface area contributed by atoms with Crippen molar-refractivity contribution in [3.05, 3.63) is 29.8 Å². The zero-order chi connectivity index (χ0) is 12.3. The average Bonchev–Trinajstić information content (AvgIpc) is 2.32. The Bertz CT molecular complexity index is 366. The Balaban J connectivity index is 1.98. The average molecular weight is 235 g/mol. The zero-order valence-corrected chi connectivity index (χ0v) is 10.8. The molecule has 1 aromatic carbocycles. The molecule has 0 aliphatic carbocycles. The van der Waals surface area contributed by atoms with Gasteiger partial charge in [-0.05, 0) is 31.9 Å². The van der Waals surface area contributed by atoms with Crippen LogP contribution in [0.5, 0.6) is 0 Å². The molecule has 1 aliphatic rings. The molecule has 0 aromatic heterocycles.